The van der Waals surface area contributed by atoms with E-state index in [-0.39, 0.29) is 23.6 Å². The molecular weight excluding hydrogens is 398 g/mol. The number of carbonyl (C=O) groups excluding carboxylic acids is 1. The van der Waals surface area contributed by atoms with Crippen LogP contribution in [0.1, 0.15) is 49.8 Å². The molecule has 0 bridgehead atoms. The number of nitrogens with zero attached hydrogens (tertiary/aromatic N) is 2. The normalized spacial score (nSPS) is 14.9. The number of piperazine rings is 1. The van der Waals surface area contributed by atoms with Crippen LogP contribution in [0.4, 0.5) is 8.78 Å². The second-order valence-corrected chi connectivity index (χ2v) is 8.03. The van der Waals surface area contributed by atoms with Crippen LogP contribution in [0, 0.1) is 11.6 Å². The third-order valence-electron chi connectivity index (χ3n) is 5.76. The molecule has 0 radical (unpaired) electrons. The summed E-state index contributed by atoms with van der Waals surface area (Å²) in [6.45, 7) is 6.55. The average Bonchev–Trinajstić information content (AvgIpc) is 2.79. The van der Waals surface area contributed by atoms with Crippen molar-refractivity contribution in [1.29, 1.82) is 0 Å². The van der Waals surface area contributed by atoms with Crippen molar-refractivity contribution in [1.82, 2.24) is 9.80 Å². The molecule has 168 valence electrons. The minimum absolute atomic E-state index is 0.261. The molecule has 2 aromatic carbocycles. The molecule has 4 nitrogen and oxygen atoms in total. The molecule has 0 aromatic heterocycles. The average molecular weight is 431 g/mol. The van der Waals surface area contributed by atoms with Crippen LogP contribution in [0.15, 0.2) is 48.5 Å². The number of amides is 1. The molecule has 1 saturated heterocycles. The predicted octanol–water partition coefficient (Wildman–Crippen LogP) is 4.80. The minimum atomic E-state index is -0.386. The molecule has 1 amide bonds. The van der Waals surface area contributed by atoms with E-state index in [0.29, 0.717) is 13.0 Å². The first-order chi connectivity index (χ1) is 15.1. The molecule has 1 aliphatic heterocycles. The van der Waals surface area contributed by atoms with Crippen molar-refractivity contribution < 1.29 is 18.3 Å². The summed E-state index contributed by atoms with van der Waals surface area (Å²) >= 11 is 0. The van der Waals surface area contributed by atoms with E-state index in [1.165, 1.54) is 24.3 Å². The topological polar surface area (TPSA) is 32.8 Å². The fourth-order valence-corrected chi connectivity index (χ4v) is 3.86. The number of halogens is 2. The highest BCUT2D eigenvalue weighted by Gasteiger charge is 2.21. The van der Waals surface area contributed by atoms with Crippen molar-refractivity contribution in [2.75, 3.05) is 39.3 Å². The van der Waals surface area contributed by atoms with Crippen LogP contribution < -0.4 is 0 Å². The van der Waals surface area contributed by atoms with Crippen LogP contribution >= 0.6 is 0 Å². The zero-order valence-corrected chi connectivity index (χ0v) is 18.2. The highest BCUT2D eigenvalue weighted by Crippen LogP contribution is 2.26. The van der Waals surface area contributed by atoms with Gasteiger partial charge < -0.3 is 9.64 Å². The molecule has 31 heavy (non-hydrogen) atoms. The van der Waals surface area contributed by atoms with Crippen molar-refractivity contribution in [3.8, 4) is 0 Å². The standard InChI is InChI=1S/C25H32F2N2O2/c1-2-3-4-5-24(30)29-16-14-28(15-17-29)18-19-31-25(20-6-10-22(26)11-7-20)21-8-12-23(27)13-9-21/h6-13,25H,2-5,14-19H2,1H3. The molecule has 1 aliphatic rings. The highest BCUT2D eigenvalue weighted by atomic mass is 19.1. The van der Waals surface area contributed by atoms with Crippen molar-refractivity contribution in [3.05, 3.63) is 71.3 Å². The molecule has 2 aromatic rings. The number of hydrogen-bond acceptors (Lipinski definition) is 3. The van der Waals surface area contributed by atoms with Crippen LogP contribution in [-0.4, -0.2) is 55.0 Å². The molecule has 6 heteroatoms. The zero-order chi connectivity index (χ0) is 22.1. The Morgan fingerprint density at radius 1 is 0.903 bits per heavy atom. The Hall–Kier alpha value is -2.31. The SMILES string of the molecule is CCCCCC(=O)N1CCN(CCOC(c2ccc(F)cc2)c2ccc(F)cc2)CC1. The summed E-state index contributed by atoms with van der Waals surface area (Å²) in [5.41, 5.74) is 1.66. The molecule has 0 saturated carbocycles. The summed E-state index contributed by atoms with van der Waals surface area (Å²) in [5, 5.41) is 0. The number of unbranched alkanes of at least 4 members (excludes halogenated alkanes) is 2. The predicted molar refractivity (Wildman–Crippen MR) is 118 cm³/mol. The maximum absolute atomic E-state index is 13.4. The summed E-state index contributed by atoms with van der Waals surface area (Å²) in [5.74, 6) is -0.343. The van der Waals surface area contributed by atoms with Gasteiger partial charge in [0.05, 0.1) is 6.61 Å². The van der Waals surface area contributed by atoms with Crippen LogP contribution in [0.5, 0.6) is 0 Å². The Morgan fingerprint density at radius 3 is 1.97 bits per heavy atom. The first-order valence-corrected chi connectivity index (χ1v) is 11.2. The Morgan fingerprint density at radius 2 is 1.45 bits per heavy atom. The van der Waals surface area contributed by atoms with Gasteiger partial charge in [0, 0.05) is 39.1 Å². The number of ether oxygens (including phenoxy) is 1. The third-order valence-corrected chi connectivity index (χ3v) is 5.76. The number of rotatable bonds is 10. The Balaban J connectivity index is 1.50. The molecule has 1 heterocycles. The summed E-state index contributed by atoms with van der Waals surface area (Å²) in [6.07, 6.45) is 3.46. The van der Waals surface area contributed by atoms with Gasteiger partial charge in [0.1, 0.15) is 17.7 Å². The molecular formula is C25H32F2N2O2. The van der Waals surface area contributed by atoms with Crippen molar-refractivity contribution in [2.45, 2.75) is 38.7 Å². The molecule has 1 fully saturated rings. The van der Waals surface area contributed by atoms with Crippen molar-refractivity contribution in [2.24, 2.45) is 0 Å². The van der Waals surface area contributed by atoms with Gasteiger partial charge in [-0.3, -0.25) is 9.69 Å². The van der Waals surface area contributed by atoms with Crippen LogP contribution in [0.2, 0.25) is 0 Å². The van der Waals surface area contributed by atoms with Crippen LogP contribution in [0.25, 0.3) is 0 Å². The zero-order valence-electron chi connectivity index (χ0n) is 18.2. The quantitative estimate of drug-likeness (QED) is 0.508. The van der Waals surface area contributed by atoms with Gasteiger partial charge in [-0.1, -0.05) is 44.0 Å². The van der Waals surface area contributed by atoms with E-state index in [9.17, 15) is 13.6 Å². The fraction of sp³-hybridized carbons (Fsp3) is 0.480. The Kier molecular flexibility index (Phi) is 8.98. The van der Waals surface area contributed by atoms with E-state index in [2.05, 4.69) is 11.8 Å². The molecule has 0 spiro atoms. The molecule has 0 N–H and O–H groups in total. The van der Waals surface area contributed by atoms with Crippen molar-refractivity contribution >= 4 is 5.91 Å². The summed E-state index contributed by atoms with van der Waals surface area (Å²) < 4.78 is 32.9. The first kappa shape index (κ1) is 23.4. The van der Waals surface area contributed by atoms with Gasteiger partial charge in [-0.25, -0.2) is 8.78 Å². The molecule has 0 aliphatic carbocycles. The number of benzene rings is 2. The lowest BCUT2D eigenvalue weighted by molar-refractivity contribution is -0.133. The van der Waals surface area contributed by atoms with E-state index in [1.54, 1.807) is 24.3 Å². The van der Waals surface area contributed by atoms with Gasteiger partial charge in [-0.2, -0.15) is 0 Å². The van der Waals surface area contributed by atoms with Gasteiger partial charge in [0.25, 0.3) is 0 Å². The van der Waals surface area contributed by atoms with E-state index in [4.69, 9.17) is 4.74 Å². The van der Waals surface area contributed by atoms with E-state index < -0.39 is 0 Å². The second-order valence-electron chi connectivity index (χ2n) is 8.03. The lowest BCUT2D eigenvalue weighted by atomic mass is 10.0. The lowest BCUT2D eigenvalue weighted by Crippen LogP contribution is -2.49. The largest absolute Gasteiger partial charge is 0.367 e. The third kappa shape index (κ3) is 7.11. The second kappa shape index (κ2) is 11.9. The van der Waals surface area contributed by atoms with Crippen molar-refractivity contribution in [3.63, 3.8) is 0 Å². The monoisotopic (exact) mass is 430 g/mol. The van der Waals surface area contributed by atoms with Gasteiger partial charge >= 0.3 is 0 Å². The fourth-order valence-electron chi connectivity index (χ4n) is 3.86. The first-order valence-electron chi connectivity index (χ1n) is 11.2. The minimum Gasteiger partial charge on any atom is -0.367 e. The van der Waals surface area contributed by atoms with Gasteiger partial charge in [0.15, 0.2) is 0 Å². The van der Waals surface area contributed by atoms with Gasteiger partial charge in [-0.15, -0.1) is 0 Å². The van der Waals surface area contributed by atoms with Gasteiger partial charge in [0.2, 0.25) is 5.91 Å². The maximum Gasteiger partial charge on any atom is 0.222 e. The van der Waals surface area contributed by atoms with Crippen LogP contribution in [0.3, 0.4) is 0 Å². The Labute approximate surface area is 183 Å². The van der Waals surface area contributed by atoms with E-state index in [0.717, 1.165) is 63.1 Å². The summed E-state index contributed by atoms with van der Waals surface area (Å²) in [6, 6.07) is 12.4. The molecule has 0 unspecified atom stereocenters. The summed E-state index contributed by atoms with van der Waals surface area (Å²) in [4.78, 5) is 16.5. The summed E-state index contributed by atoms with van der Waals surface area (Å²) in [7, 11) is 0. The van der Waals surface area contributed by atoms with E-state index >= 15 is 0 Å². The van der Waals surface area contributed by atoms with E-state index in [1.807, 2.05) is 4.90 Å². The lowest BCUT2D eigenvalue weighted by Gasteiger charge is -2.35. The maximum atomic E-state index is 13.4. The molecule has 3 rings (SSSR count). The highest BCUT2D eigenvalue weighted by molar-refractivity contribution is 5.76. The molecule has 0 atom stereocenters. The van der Waals surface area contributed by atoms with Crippen LogP contribution in [-0.2, 0) is 9.53 Å². The number of carbonyl (C=O) groups is 1. The number of hydrogen-bond donors (Lipinski definition) is 0. The smallest absolute Gasteiger partial charge is 0.222 e. The Bertz CT molecular complexity index is 758. The van der Waals surface area contributed by atoms with Gasteiger partial charge in [-0.05, 0) is 41.8 Å².